The van der Waals surface area contributed by atoms with E-state index in [1.54, 1.807) is 0 Å². The van der Waals surface area contributed by atoms with Gasteiger partial charge in [0.05, 0.1) is 0 Å². The van der Waals surface area contributed by atoms with Crippen LogP contribution in [0.15, 0.2) is 11.6 Å². The Bertz CT molecular complexity index is 784. The normalized spacial score (nSPS) is 53.5. The minimum Gasteiger partial charge on any atom is -0.0785 e. The van der Waals surface area contributed by atoms with E-state index < -0.39 is 0 Å². The van der Waals surface area contributed by atoms with E-state index in [1.807, 2.05) is 11.5 Å². The summed E-state index contributed by atoms with van der Waals surface area (Å²) in [6, 6.07) is 0. The molecule has 4 fully saturated rings. The van der Waals surface area contributed by atoms with Gasteiger partial charge in [-0.3, -0.25) is 0 Å². The summed E-state index contributed by atoms with van der Waals surface area (Å²) in [6.45, 7) is 23.6. The molecule has 0 aromatic rings. The van der Waals surface area contributed by atoms with Gasteiger partial charge < -0.3 is 0 Å². The van der Waals surface area contributed by atoms with Crippen LogP contribution in [-0.4, -0.2) is 0 Å². The molecule has 0 bridgehead atoms. The summed E-state index contributed by atoms with van der Waals surface area (Å²) in [6.07, 6.45) is 17.0. The molecule has 0 saturated heterocycles. The summed E-state index contributed by atoms with van der Waals surface area (Å²) in [5.41, 5.74) is 4.59. The maximum Gasteiger partial charge on any atom is 0.00758 e. The van der Waals surface area contributed by atoms with Crippen molar-refractivity contribution in [3.05, 3.63) is 17.6 Å². The van der Waals surface area contributed by atoms with E-state index >= 15 is 0 Å². The van der Waals surface area contributed by atoms with Crippen molar-refractivity contribution in [1.82, 2.24) is 0 Å². The number of rotatable bonds is 0. The molecule has 0 aliphatic heterocycles. The smallest absolute Gasteiger partial charge is 0.00758 e. The number of fused-ring (bicyclic) bond motifs is 7. The highest BCUT2D eigenvalue weighted by Crippen LogP contribution is 2.77. The lowest BCUT2D eigenvalue weighted by Crippen LogP contribution is -2.64. The molecule has 1 radical (unpaired) electrons. The van der Waals surface area contributed by atoms with Gasteiger partial charge in [0.1, 0.15) is 0 Å². The lowest BCUT2D eigenvalue weighted by atomic mass is 9.32. The highest BCUT2D eigenvalue weighted by Gasteiger charge is 2.68. The van der Waals surface area contributed by atoms with E-state index in [9.17, 15) is 0 Å². The van der Waals surface area contributed by atoms with E-state index in [4.69, 9.17) is 0 Å². The summed E-state index contributed by atoms with van der Waals surface area (Å²) in [5.74, 6) is 4.61. The Labute approximate surface area is 194 Å². The quantitative estimate of drug-likeness (QED) is 0.364. The van der Waals surface area contributed by atoms with Crippen LogP contribution >= 0.6 is 0 Å². The van der Waals surface area contributed by atoms with Crippen LogP contribution in [0.25, 0.3) is 0 Å². The fourth-order valence-electron chi connectivity index (χ4n) is 10.4. The van der Waals surface area contributed by atoms with Crippen LogP contribution in [-0.2, 0) is 0 Å². The molecule has 4 saturated carbocycles. The summed E-state index contributed by atoms with van der Waals surface area (Å²) in [4.78, 5) is 0. The van der Waals surface area contributed by atoms with Crippen LogP contribution in [0.4, 0.5) is 0 Å². The lowest BCUT2D eigenvalue weighted by molar-refractivity contribution is -0.197. The van der Waals surface area contributed by atoms with Crippen molar-refractivity contribution >= 4 is 0 Å². The fourth-order valence-corrected chi connectivity index (χ4v) is 10.4. The second kappa shape index (κ2) is 6.44. The zero-order valence-electron chi connectivity index (χ0n) is 22.4. The van der Waals surface area contributed by atoms with E-state index in [0.717, 1.165) is 17.8 Å². The maximum atomic E-state index is 2.76. The minimum atomic E-state index is 0.380. The molecule has 175 valence electrons. The molecule has 1 unspecified atom stereocenters. The molecule has 5 rings (SSSR count). The standard InChI is InChI=1S/C31H51/c1-21-12-14-29(7)24(27(21,4)5)13-15-31(9)25(29)11-10-22-23-20-26(2,3)16-17-28(23,6)18-19-30(22,31)8/h20-21,24-25H,10-19H2,1-9H3/t21?,24-,25+,28+,29-,30+,31+/m0/s1. The molecule has 0 N–H and O–H groups in total. The first kappa shape index (κ1) is 22.5. The number of hydrogen-bond donors (Lipinski definition) is 0. The van der Waals surface area contributed by atoms with Gasteiger partial charge in [0.15, 0.2) is 0 Å². The highest BCUT2D eigenvalue weighted by atomic mass is 14.7. The maximum absolute atomic E-state index is 2.76. The van der Waals surface area contributed by atoms with Crippen molar-refractivity contribution in [2.45, 2.75) is 127 Å². The first-order chi connectivity index (χ1) is 14.2. The minimum absolute atomic E-state index is 0.380. The first-order valence-corrected chi connectivity index (χ1v) is 13.8. The first-order valence-electron chi connectivity index (χ1n) is 13.8. The van der Waals surface area contributed by atoms with E-state index in [-0.39, 0.29) is 0 Å². The Hall–Kier alpha value is -0.260. The zero-order valence-corrected chi connectivity index (χ0v) is 22.4. The van der Waals surface area contributed by atoms with Crippen LogP contribution < -0.4 is 0 Å². The Morgan fingerprint density at radius 2 is 1.39 bits per heavy atom. The molecule has 0 aromatic heterocycles. The zero-order chi connectivity index (χ0) is 22.7. The van der Waals surface area contributed by atoms with Gasteiger partial charge >= 0.3 is 0 Å². The lowest BCUT2D eigenvalue weighted by Gasteiger charge is -2.72. The van der Waals surface area contributed by atoms with E-state index in [1.165, 1.54) is 64.2 Å². The van der Waals surface area contributed by atoms with Crippen LogP contribution in [0.3, 0.4) is 0 Å². The predicted molar refractivity (Wildman–Crippen MR) is 134 cm³/mol. The van der Waals surface area contributed by atoms with Gasteiger partial charge in [-0.15, -0.1) is 0 Å². The van der Waals surface area contributed by atoms with Crippen molar-refractivity contribution in [1.29, 1.82) is 0 Å². The third-order valence-electron chi connectivity index (χ3n) is 13.2. The largest absolute Gasteiger partial charge is 0.0785 e. The van der Waals surface area contributed by atoms with E-state index in [0.29, 0.717) is 32.5 Å². The molecular formula is C31H51. The number of hydrogen-bond acceptors (Lipinski definition) is 0. The average molecular weight is 424 g/mol. The van der Waals surface area contributed by atoms with E-state index in [2.05, 4.69) is 68.4 Å². The molecule has 0 heteroatoms. The van der Waals surface area contributed by atoms with Gasteiger partial charge in [-0.05, 0) is 114 Å². The Kier molecular flexibility index (Phi) is 4.68. The fraction of sp³-hybridized carbons (Fsp3) is 0.903. The summed E-state index contributed by atoms with van der Waals surface area (Å²) in [7, 11) is 0. The molecule has 0 amide bonds. The molecular weight excluding hydrogens is 372 g/mol. The van der Waals surface area contributed by atoms with Crippen LogP contribution in [0.2, 0.25) is 0 Å². The van der Waals surface area contributed by atoms with Crippen molar-refractivity contribution in [2.75, 3.05) is 0 Å². The van der Waals surface area contributed by atoms with Gasteiger partial charge in [-0.25, -0.2) is 0 Å². The SMILES string of the molecule is CC1CC[C@]2(C)[C@H]3CC[C]4C5=CC(C)(C)CC[C@]5(C)CC[C@@]4(C)[C@]3(C)CC[C@H]2C1(C)C. The molecule has 7 atom stereocenters. The van der Waals surface area contributed by atoms with Gasteiger partial charge in [0.25, 0.3) is 0 Å². The Morgan fingerprint density at radius 3 is 2.10 bits per heavy atom. The highest BCUT2D eigenvalue weighted by molar-refractivity contribution is 5.44. The second-order valence-electron chi connectivity index (χ2n) is 15.3. The van der Waals surface area contributed by atoms with Crippen molar-refractivity contribution in [3.63, 3.8) is 0 Å². The van der Waals surface area contributed by atoms with Crippen molar-refractivity contribution in [3.8, 4) is 0 Å². The molecule has 0 spiro atoms. The third-order valence-corrected chi connectivity index (χ3v) is 13.2. The molecule has 5 aliphatic rings. The van der Waals surface area contributed by atoms with Crippen LogP contribution in [0, 0.1) is 56.2 Å². The summed E-state index contributed by atoms with van der Waals surface area (Å²) >= 11 is 0. The van der Waals surface area contributed by atoms with Gasteiger partial charge in [-0.1, -0.05) is 74.0 Å². The topological polar surface area (TPSA) is 0 Å². The summed E-state index contributed by atoms with van der Waals surface area (Å²) < 4.78 is 0. The van der Waals surface area contributed by atoms with Crippen LogP contribution in [0.5, 0.6) is 0 Å². The molecule has 31 heavy (non-hydrogen) atoms. The average Bonchev–Trinajstić information content (AvgIpc) is 2.67. The third kappa shape index (κ3) is 2.78. The van der Waals surface area contributed by atoms with Gasteiger partial charge in [0, 0.05) is 5.92 Å². The van der Waals surface area contributed by atoms with Crippen molar-refractivity contribution < 1.29 is 0 Å². The molecule has 0 aromatic carbocycles. The molecule has 5 aliphatic carbocycles. The summed E-state index contributed by atoms with van der Waals surface area (Å²) in [5, 5.41) is 0. The van der Waals surface area contributed by atoms with Crippen LogP contribution in [0.1, 0.15) is 127 Å². The van der Waals surface area contributed by atoms with Crippen molar-refractivity contribution in [2.24, 2.45) is 50.2 Å². The van der Waals surface area contributed by atoms with Gasteiger partial charge in [0.2, 0.25) is 0 Å². The molecule has 0 heterocycles. The second-order valence-corrected chi connectivity index (χ2v) is 15.3. The Balaban J connectivity index is 1.56. The monoisotopic (exact) mass is 423 g/mol. The Morgan fingerprint density at radius 1 is 0.710 bits per heavy atom. The number of allylic oxidation sites excluding steroid dienone is 2. The van der Waals surface area contributed by atoms with Gasteiger partial charge in [-0.2, -0.15) is 0 Å². The predicted octanol–water partition coefficient (Wildman–Crippen LogP) is 9.40. The molecule has 0 nitrogen and oxygen atoms in total.